The number of pyridine rings is 1. The molecule has 2 rings (SSSR count). The standard InChI is InChI=1S/C12H7N3O2/c13-7-1-3-9-5-6-11(15(16)17)10-4-2-8-14-12(9)10/h1-6,8H. The Balaban J connectivity index is 2.76. The Hall–Kier alpha value is -2.74. The van der Waals surface area contributed by atoms with E-state index in [1.165, 1.54) is 12.1 Å². The lowest BCUT2D eigenvalue weighted by atomic mass is 10.1. The predicted molar refractivity (Wildman–Crippen MR) is 63.0 cm³/mol. The second-order valence-corrected chi connectivity index (χ2v) is 3.29. The largest absolute Gasteiger partial charge is 0.278 e. The summed E-state index contributed by atoms with van der Waals surface area (Å²) in [6, 6.07) is 8.17. The fourth-order valence-corrected chi connectivity index (χ4v) is 1.60. The van der Waals surface area contributed by atoms with Crippen LogP contribution in [0.2, 0.25) is 0 Å². The molecule has 17 heavy (non-hydrogen) atoms. The van der Waals surface area contributed by atoms with Crippen molar-refractivity contribution in [2.24, 2.45) is 0 Å². The summed E-state index contributed by atoms with van der Waals surface area (Å²) in [5.41, 5.74) is 1.23. The van der Waals surface area contributed by atoms with Crippen molar-refractivity contribution in [2.45, 2.75) is 0 Å². The van der Waals surface area contributed by atoms with E-state index in [0.29, 0.717) is 16.5 Å². The first-order valence-electron chi connectivity index (χ1n) is 4.82. The number of benzene rings is 1. The molecule has 0 fully saturated rings. The van der Waals surface area contributed by atoms with Crippen LogP contribution in [0.4, 0.5) is 5.69 Å². The molecule has 0 radical (unpaired) electrons. The highest BCUT2D eigenvalue weighted by atomic mass is 16.6. The topological polar surface area (TPSA) is 79.8 Å². The van der Waals surface area contributed by atoms with E-state index in [2.05, 4.69) is 4.98 Å². The van der Waals surface area contributed by atoms with E-state index in [-0.39, 0.29) is 5.69 Å². The molecule has 0 saturated carbocycles. The highest BCUT2D eigenvalue weighted by molar-refractivity contribution is 5.93. The number of hydrogen-bond acceptors (Lipinski definition) is 4. The van der Waals surface area contributed by atoms with Crippen LogP contribution in [0.25, 0.3) is 17.0 Å². The summed E-state index contributed by atoms with van der Waals surface area (Å²) in [6.45, 7) is 0. The number of nitriles is 1. The summed E-state index contributed by atoms with van der Waals surface area (Å²) in [7, 11) is 0. The Morgan fingerprint density at radius 1 is 1.41 bits per heavy atom. The van der Waals surface area contributed by atoms with Gasteiger partial charge in [0.25, 0.3) is 5.69 Å². The number of non-ortho nitro benzene ring substituents is 1. The van der Waals surface area contributed by atoms with Crippen LogP contribution in [0.1, 0.15) is 5.56 Å². The molecular weight excluding hydrogens is 218 g/mol. The zero-order valence-corrected chi connectivity index (χ0v) is 8.70. The van der Waals surface area contributed by atoms with Crippen molar-refractivity contribution in [1.29, 1.82) is 5.26 Å². The van der Waals surface area contributed by atoms with Crippen LogP contribution >= 0.6 is 0 Å². The van der Waals surface area contributed by atoms with Crippen LogP contribution in [0.15, 0.2) is 36.5 Å². The molecule has 2 aromatic rings. The van der Waals surface area contributed by atoms with Crippen LogP contribution in [-0.4, -0.2) is 9.91 Å². The molecule has 0 aliphatic carbocycles. The number of rotatable bonds is 2. The number of aromatic nitrogens is 1. The monoisotopic (exact) mass is 225 g/mol. The van der Waals surface area contributed by atoms with Gasteiger partial charge in [-0.25, -0.2) is 0 Å². The molecule has 0 atom stereocenters. The van der Waals surface area contributed by atoms with E-state index < -0.39 is 4.92 Å². The molecule has 0 saturated heterocycles. The van der Waals surface area contributed by atoms with Crippen molar-refractivity contribution in [1.82, 2.24) is 4.98 Å². The molecule has 0 N–H and O–H groups in total. The smallest absolute Gasteiger partial charge is 0.258 e. The first-order valence-corrected chi connectivity index (χ1v) is 4.82. The lowest BCUT2D eigenvalue weighted by Gasteiger charge is -2.01. The van der Waals surface area contributed by atoms with Gasteiger partial charge in [0.1, 0.15) is 0 Å². The Morgan fingerprint density at radius 2 is 2.24 bits per heavy atom. The van der Waals surface area contributed by atoms with E-state index in [0.717, 1.165) is 0 Å². The molecular formula is C12H7N3O2. The first-order chi connectivity index (χ1) is 8.24. The minimum atomic E-state index is -0.443. The van der Waals surface area contributed by atoms with Gasteiger partial charge in [-0.15, -0.1) is 0 Å². The maximum Gasteiger partial charge on any atom is 0.278 e. The minimum Gasteiger partial charge on any atom is -0.258 e. The minimum absolute atomic E-state index is 0.0159. The SMILES string of the molecule is N#CC=Cc1ccc([N+](=O)[O-])c2cccnc12. The number of nitro groups is 1. The molecule has 1 aromatic carbocycles. The normalized spacial score (nSPS) is 10.5. The van der Waals surface area contributed by atoms with Crippen molar-refractivity contribution >= 4 is 22.7 Å². The van der Waals surface area contributed by atoms with E-state index in [4.69, 9.17) is 5.26 Å². The van der Waals surface area contributed by atoms with Gasteiger partial charge in [-0.05, 0) is 24.3 Å². The van der Waals surface area contributed by atoms with Crippen molar-refractivity contribution in [3.63, 3.8) is 0 Å². The quantitative estimate of drug-likeness (QED) is 0.447. The number of nitrogens with zero attached hydrogens (tertiary/aromatic N) is 3. The van der Waals surface area contributed by atoms with Crippen LogP contribution < -0.4 is 0 Å². The van der Waals surface area contributed by atoms with E-state index in [9.17, 15) is 10.1 Å². The van der Waals surface area contributed by atoms with Crippen LogP contribution in [0.3, 0.4) is 0 Å². The first kappa shape index (κ1) is 10.8. The van der Waals surface area contributed by atoms with Crippen molar-refractivity contribution in [3.8, 4) is 6.07 Å². The van der Waals surface area contributed by atoms with Crippen molar-refractivity contribution in [2.75, 3.05) is 0 Å². The van der Waals surface area contributed by atoms with Gasteiger partial charge >= 0.3 is 0 Å². The molecule has 5 nitrogen and oxygen atoms in total. The summed E-state index contributed by atoms with van der Waals surface area (Å²) in [5, 5.41) is 19.8. The number of hydrogen-bond donors (Lipinski definition) is 0. The van der Waals surface area contributed by atoms with Crippen LogP contribution in [0.5, 0.6) is 0 Å². The third kappa shape index (κ3) is 1.96. The van der Waals surface area contributed by atoms with Gasteiger partial charge in [-0.2, -0.15) is 5.26 Å². The third-order valence-corrected chi connectivity index (χ3v) is 2.31. The lowest BCUT2D eigenvalue weighted by molar-refractivity contribution is -0.383. The summed E-state index contributed by atoms with van der Waals surface area (Å²) in [4.78, 5) is 14.5. The van der Waals surface area contributed by atoms with Gasteiger partial charge in [0, 0.05) is 23.9 Å². The van der Waals surface area contributed by atoms with Crippen LogP contribution in [-0.2, 0) is 0 Å². The summed E-state index contributed by atoms with van der Waals surface area (Å²) in [6.07, 6.45) is 4.46. The number of fused-ring (bicyclic) bond motifs is 1. The molecule has 1 heterocycles. The van der Waals surface area contributed by atoms with Crippen molar-refractivity contribution < 1.29 is 4.92 Å². The number of nitro benzene ring substituents is 1. The molecule has 82 valence electrons. The van der Waals surface area contributed by atoms with Gasteiger partial charge in [-0.1, -0.05) is 0 Å². The van der Waals surface area contributed by atoms with Gasteiger partial charge in [-0.3, -0.25) is 15.1 Å². The highest BCUT2D eigenvalue weighted by Gasteiger charge is 2.13. The van der Waals surface area contributed by atoms with Gasteiger partial charge in [0.15, 0.2) is 0 Å². The van der Waals surface area contributed by atoms with Gasteiger partial charge in [0.05, 0.1) is 21.9 Å². The molecule has 1 aromatic heterocycles. The molecule has 0 spiro atoms. The maximum absolute atomic E-state index is 10.8. The Kier molecular flexibility index (Phi) is 2.79. The highest BCUT2D eigenvalue weighted by Crippen LogP contribution is 2.27. The lowest BCUT2D eigenvalue weighted by Crippen LogP contribution is -1.92. The summed E-state index contributed by atoms with van der Waals surface area (Å²) in [5.74, 6) is 0. The van der Waals surface area contributed by atoms with E-state index in [1.54, 1.807) is 30.5 Å². The summed E-state index contributed by atoms with van der Waals surface area (Å²) >= 11 is 0. The average molecular weight is 225 g/mol. The molecule has 0 aliphatic heterocycles. The Bertz CT molecular complexity index is 656. The second kappa shape index (κ2) is 4.41. The second-order valence-electron chi connectivity index (χ2n) is 3.29. The molecule has 0 unspecified atom stereocenters. The average Bonchev–Trinajstić information content (AvgIpc) is 2.35. The van der Waals surface area contributed by atoms with Crippen LogP contribution in [0, 0.1) is 21.4 Å². The fraction of sp³-hybridized carbons (Fsp3) is 0. The van der Waals surface area contributed by atoms with E-state index >= 15 is 0 Å². The summed E-state index contributed by atoms with van der Waals surface area (Å²) < 4.78 is 0. The Labute approximate surface area is 96.8 Å². The number of allylic oxidation sites excluding steroid dienone is 1. The zero-order valence-electron chi connectivity index (χ0n) is 8.70. The molecule has 0 aliphatic rings. The van der Waals surface area contributed by atoms with E-state index in [1.807, 2.05) is 6.07 Å². The molecule has 0 bridgehead atoms. The van der Waals surface area contributed by atoms with Gasteiger partial charge in [0.2, 0.25) is 0 Å². The van der Waals surface area contributed by atoms with Crippen molar-refractivity contribution in [3.05, 3.63) is 52.2 Å². The van der Waals surface area contributed by atoms with Gasteiger partial charge < -0.3 is 0 Å². The maximum atomic E-state index is 10.8. The fourth-order valence-electron chi connectivity index (χ4n) is 1.60. The molecule has 5 heteroatoms. The predicted octanol–water partition coefficient (Wildman–Crippen LogP) is 2.68. The zero-order chi connectivity index (χ0) is 12.3. The third-order valence-electron chi connectivity index (χ3n) is 2.31. The molecule has 0 amide bonds. The Morgan fingerprint density at radius 3 is 2.94 bits per heavy atom.